The number of ether oxygens (including phenoxy) is 2. The molecule has 0 unspecified atom stereocenters. The first kappa shape index (κ1) is 14.5. The van der Waals surface area contributed by atoms with Gasteiger partial charge >= 0.3 is 5.97 Å². The number of nitrogens with one attached hydrogen (secondary N) is 1. The molecule has 0 aromatic heterocycles. The van der Waals surface area contributed by atoms with Crippen molar-refractivity contribution in [2.75, 3.05) is 14.2 Å². The van der Waals surface area contributed by atoms with Crippen LogP contribution < -0.4 is 10.1 Å². The summed E-state index contributed by atoms with van der Waals surface area (Å²) in [6, 6.07) is 5.61. The minimum absolute atomic E-state index is 0.298. The van der Waals surface area contributed by atoms with E-state index in [1.807, 2.05) is 6.07 Å². The quantitative estimate of drug-likeness (QED) is 0.813. The molecule has 1 atom stereocenters. The topological polar surface area (TPSA) is 88.4 Å². The van der Waals surface area contributed by atoms with Crippen molar-refractivity contribution in [1.82, 2.24) is 5.32 Å². The Kier molecular flexibility index (Phi) is 4.89. The predicted octanol–water partition coefficient (Wildman–Crippen LogP) is 0.858. The molecule has 1 N–H and O–H groups in total. The van der Waals surface area contributed by atoms with Crippen molar-refractivity contribution in [3.05, 3.63) is 29.3 Å². The van der Waals surface area contributed by atoms with E-state index in [1.165, 1.54) is 39.3 Å². The molecule has 0 aliphatic carbocycles. The lowest BCUT2D eigenvalue weighted by atomic mass is 10.1. The van der Waals surface area contributed by atoms with E-state index < -0.39 is 17.9 Å². The van der Waals surface area contributed by atoms with Gasteiger partial charge in [0.05, 0.1) is 19.8 Å². The fraction of sp³-hybridized carbons (Fsp3) is 0.308. The average Bonchev–Trinajstić information content (AvgIpc) is 2.45. The maximum Gasteiger partial charge on any atom is 0.328 e. The number of amides is 1. The van der Waals surface area contributed by atoms with Crippen LogP contribution in [0.5, 0.6) is 5.75 Å². The molecule has 0 aliphatic heterocycles. The third-order valence-electron chi connectivity index (χ3n) is 2.49. The number of benzene rings is 1. The molecule has 1 aromatic carbocycles. The first-order chi connectivity index (χ1) is 9.03. The molecule has 0 radical (unpaired) electrons. The van der Waals surface area contributed by atoms with Crippen LogP contribution in [0.4, 0.5) is 0 Å². The molecule has 0 heterocycles. The monoisotopic (exact) mass is 262 g/mol. The summed E-state index contributed by atoms with van der Waals surface area (Å²) < 4.78 is 9.52. The van der Waals surface area contributed by atoms with E-state index in [0.29, 0.717) is 16.9 Å². The van der Waals surface area contributed by atoms with Crippen molar-refractivity contribution in [2.24, 2.45) is 0 Å². The molecule has 19 heavy (non-hydrogen) atoms. The summed E-state index contributed by atoms with van der Waals surface area (Å²) in [6.45, 7) is 1.52. The molecule has 0 saturated carbocycles. The third kappa shape index (κ3) is 3.45. The van der Waals surface area contributed by atoms with Gasteiger partial charge in [0.2, 0.25) is 0 Å². The second kappa shape index (κ2) is 6.40. The van der Waals surface area contributed by atoms with Gasteiger partial charge in [-0.2, -0.15) is 5.26 Å². The largest absolute Gasteiger partial charge is 0.495 e. The van der Waals surface area contributed by atoms with E-state index in [4.69, 9.17) is 10.00 Å². The van der Waals surface area contributed by atoms with Crippen LogP contribution in [0.2, 0.25) is 0 Å². The van der Waals surface area contributed by atoms with E-state index in [9.17, 15) is 9.59 Å². The molecule has 0 saturated heterocycles. The zero-order chi connectivity index (χ0) is 14.4. The maximum absolute atomic E-state index is 11.9. The minimum Gasteiger partial charge on any atom is -0.495 e. The standard InChI is InChI=1S/C13H14N2O4/c1-8(13(17)19-3)15-12(16)9-4-5-10(7-14)11(6-9)18-2/h4-6,8H,1-3H3,(H,15,16)/t8-/m0/s1. The molecule has 1 rings (SSSR count). The highest BCUT2D eigenvalue weighted by Crippen LogP contribution is 2.19. The van der Waals surface area contributed by atoms with Gasteiger partial charge < -0.3 is 14.8 Å². The van der Waals surface area contributed by atoms with Crippen LogP contribution in [0.15, 0.2) is 18.2 Å². The van der Waals surface area contributed by atoms with Crippen molar-refractivity contribution in [3.8, 4) is 11.8 Å². The lowest BCUT2D eigenvalue weighted by Gasteiger charge is -2.12. The minimum atomic E-state index is -0.751. The Bertz CT molecular complexity index is 534. The van der Waals surface area contributed by atoms with Crippen LogP contribution >= 0.6 is 0 Å². The average molecular weight is 262 g/mol. The molecule has 1 amide bonds. The van der Waals surface area contributed by atoms with Gasteiger partial charge in [0.15, 0.2) is 0 Å². The number of nitriles is 1. The number of carbonyl (C=O) groups excluding carboxylic acids is 2. The Morgan fingerprint density at radius 2 is 2.05 bits per heavy atom. The number of rotatable bonds is 4. The van der Waals surface area contributed by atoms with E-state index in [2.05, 4.69) is 10.1 Å². The van der Waals surface area contributed by atoms with E-state index in [0.717, 1.165) is 0 Å². The van der Waals surface area contributed by atoms with Crippen LogP contribution in [-0.2, 0) is 9.53 Å². The summed E-state index contributed by atoms with van der Waals surface area (Å²) in [4.78, 5) is 23.1. The predicted molar refractivity (Wildman–Crippen MR) is 66.7 cm³/mol. The van der Waals surface area contributed by atoms with Gasteiger partial charge in [-0.1, -0.05) is 0 Å². The molecular formula is C13H14N2O4. The summed E-state index contributed by atoms with van der Waals surface area (Å²) >= 11 is 0. The van der Waals surface area contributed by atoms with Crippen LogP contribution in [0, 0.1) is 11.3 Å². The molecule has 6 heteroatoms. The number of nitrogens with zero attached hydrogens (tertiary/aromatic N) is 1. The van der Waals surface area contributed by atoms with Crippen molar-refractivity contribution in [3.63, 3.8) is 0 Å². The van der Waals surface area contributed by atoms with Gasteiger partial charge in [0, 0.05) is 5.56 Å². The van der Waals surface area contributed by atoms with Crippen molar-refractivity contribution >= 4 is 11.9 Å². The summed E-state index contributed by atoms with van der Waals surface area (Å²) in [5.41, 5.74) is 0.631. The first-order valence-electron chi connectivity index (χ1n) is 5.50. The van der Waals surface area contributed by atoms with Gasteiger partial charge in [-0.3, -0.25) is 4.79 Å². The van der Waals surface area contributed by atoms with Crippen molar-refractivity contribution < 1.29 is 19.1 Å². The highest BCUT2D eigenvalue weighted by Gasteiger charge is 2.17. The van der Waals surface area contributed by atoms with Crippen LogP contribution in [-0.4, -0.2) is 32.1 Å². The molecule has 0 spiro atoms. The van der Waals surface area contributed by atoms with Gasteiger partial charge in [-0.25, -0.2) is 4.79 Å². The second-order valence-electron chi connectivity index (χ2n) is 3.75. The molecule has 0 bridgehead atoms. The highest BCUT2D eigenvalue weighted by molar-refractivity contribution is 5.97. The van der Waals surface area contributed by atoms with Crippen molar-refractivity contribution in [1.29, 1.82) is 5.26 Å². The Balaban J connectivity index is 2.89. The fourth-order valence-electron chi connectivity index (χ4n) is 1.44. The van der Waals surface area contributed by atoms with Crippen molar-refractivity contribution in [2.45, 2.75) is 13.0 Å². The normalized spacial score (nSPS) is 11.1. The number of carbonyl (C=O) groups is 2. The highest BCUT2D eigenvalue weighted by atomic mass is 16.5. The Morgan fingerprint density at radius 1 is 1.37 bits per heavy atom. The van der Waals surface area contributed by atoms with E-state index >= 15 is 0 Å². The number of esters is 1. The Hall–Kier alpha value is -2.55. The summed E-state index contributed by atoms with van der Waals surface area (Å²) in [5.74, 6) is -0.671. The molecule has 6 nitrogen and oxygen atoms in total. The number of hydrogen-bond acceptors (Lipinski definition) is 5. The smallest absolute Gasteiger partial charge is 0.328 e. The molecule has 1 aromatic rings. The number of methoxy groups -OCH3 is 2. The lowest BCUT2D eigenvalue weighted by Crippen LogP contribution is -2.39. The van der Waals surface area contributed by atoms with E-state index in [1.54, 1.807) is 0 Å². The lowest BCUT2D eigenvalue weighted by molar-refractivity contribution is -0.142. The summed E-state index contributed by atoms with van der Waals surface area (Å²) in [7, 11) is 2.66. The van der Waals surface area contributed by atoms with Crippen LogP contribution in [0.1, 0.15) is 22.8 Å². The summed E-state index contributed by atoms with van der Waals surface area (Å²) in [5, 5.41) is 11.3. The van der Waals surface area contributed by atoms with Crippen LogP contribution in [0.25, 0.3) is 0 Å². The number of hydrogen-bond donors (Lipinski definition) is 1. The summed E-state index contributed by atoms with van der Waals surface area (Å²) in [6.07, 6.45) is 0. The fourth-order valence-corrected chi connectivity index (χ4v) is 1.44. The third-order valence-corrected chi connectivity index (χ3v) is 2.49. The molecule has 0 aliphatic rings. The van der Waals surface area contributed by atoms with E-state index in [-0.39, 0.29) is 0 Å². The zero-order valence-electron chi connectivity index (χ0n) is 10.9. The van der Waals surface area contributed by atoms with Gasteiger partial charge in [-0.05, 0) is 25.1 Å². The van der Waals surface area contributed by atoms with Gasteiger partial charge in [0.25, 0.3) is 5.91 Å². The Labute approximate surface area is 110 Å². The molecule has 100 valence electrons. The maximum atomic E-state index is 11.9. The Morgan fingerprint density at radius 3 is 2.58 bits per heavy atom. The van der Waals surface area contributed by atoms with Gasteiger partial charge in [-0.15, -0.1) is 0 Å². The molecular weight excluding hydrogens is 248 g/mol. The SMILES string of the molecule is COC(=O)[C@H](C)NC(=O)c1ccc(C#N)c(OC)c1. The molecule has 0 fully saturated rings. The second-order valence-corrected chi connectivity index (χ2v) is 3.75. The van der Waals surface area contributed by atoms with Crippen LogP contribution in [0.3, 0.4) is 0 Å². The van der Waals surface area contributed by atoms with Gasteiger partial charge in [0.1, 0.15) is 17.9 Å². The zero-order valence-corrected chi connectivity index (χ0v) is 10.9. The first-order valence-corrected chi connectivity index (χ1v) is 5.50.